The summed E-state index contributed by atoms with van der Waals surface area (Å²) in [5.41, 5.74) is 1.91. The van der Waals surface area contributed by atoms with Gasteiger partial charge < -0.3 is 10.1 Å². The van der Waals surface area contributed by atoms with Crippen molar-refractivity contribution in [2.45, 2.75) is 51.5 Å². The zero-order valence-electron chi connectivity index (χ0n) is 12.5. The molecule has 106 valence electrons. The van der Waals surface area contributed by atoms with Gasteiger partial charge in [0.2, 0.25) is 0 Å². The maximum Gasteiger partial charge on any atom is 0.118 e. The molecule has 1 aliphatic rings. The van der Waals surface area contributed by atoms with Gasteiger partial charge in [-0.2, -0.15) is 0 Å². The van der Waals surface area contributed by atoms with Crippen LogP contribution in [-0.4, -0.2) is 20.2 Å². The van der Waals surface area contributed by atoms with Crippen LogP contribution in [0.25, 0.3) is 0 Å². The summed E-state index contributed by atoms with van der Waals surface area (Å²) in [6.45, 7) is 2.35. The fraction of sp³-hybridized carbons (Fsp3) is 0.647. The largest absolute Gasteiger partial charge is 0.497 e. The van der Waals surface area contributed by atoms with Gasteiger partial charge in [0.15, 0.2) is 0 Å². The molecule has 19 heavy (non-hydrogen) atoms. The van der Waals surface area contributed by atoms with Crippen molar-refractivity contribution in [3.05, 3.63) is 29.8 Å². The van der Waals surface area contributed by atoms with Gasteiger partial charge in [-0.05, 0) is 55.8 Å². The average Bonchev–Trinajstić information content (AvgIpc) is 2.95. The maximum atomic E-state index is 5.23. The van der Waals surface area contributed by atoms with E-state index >= 15 is 0 Å². The van der Waals surface area contributed by atoms with E-state index in [4.69, 9.17) is 4.74 Å². The van der Waals surface area contributed by atoms with Crippen molar-refractivity contribution in [2.24, 2.45) is 5.41 Å². The van der Waals surface area contributed by atoms with E-state index in [-0.39, 0.29) is 0 Å². The lowest BCUT2D eigenvalue weighted by Gasteiger charge is -2.37. The van der Waals surface area contributed by atoms with E-state index in [0.29, 0.717) is 11.5 Å². The topological polar surface area (TPSA) is 21.3 Å². The molecule has 0 amide bonds. The SMILES string of the molecule is CCC1(C(Cc2ccc(OC)cc2)NC)CCCC1. The van der Waals surface area contributed by atoms with Gasteiger partial charge in [-0.25, -0.2) is 0 Å². The second-order valence-electron chi connectivity index (χ2n) is 5.82. The number of hydrogen-bond donors (Lipinski definition) is 1. The number of ether oxygens (including phenoxy) is 1. The number of rotatable bonds is 6. The lowest BCUT2D eigenvalue weighted by Crippen LogP contribution is -2.43. The fourth-order valence-corrected chi connectivity index (χ4v) is 3.65. The Kier molecular flexibility index (Phi) is 4.87. The summed E-state index contributed by atoms with van der Waals surface area (Å²) in [6, 6.07) is 9.11. The molecule has 0 saturated heterocycles. The van der Waals surface area contributed by atoms with Crippen LogP contribution in [0.2, 0.25) is 0 Å². The van der Waals surface area contributed by atoms with Gasteiger partial charge >= 0.3 is 0 Å². The van der Waals surface area contributed by atoms with E-state index in [2.05, 4.69) is 43.6 Å². The molecule has 0 bridgehead atoms. The third-order valence-corrected chi connectivity index (χ3v) is 4.99. The van der Waals surface area contributed by atoms with Gasteiger partial charge in [-0.3, -0.25) is 0 Å². The van der Waals surface area contributed by atoms with Crippen molar-refractivity contribution in [3.63, 3.8) is 0 Å². The average molecular weight is 261 g/mol. The molecule has 0 spiro atoms. The van der Waals surface area contributed by atoms with Gasteiger partial charge in [-0.1, -0.05) is 31.9 Å². The first kappa shape index (κ1) is 14.4. The molecule has 2 nitrogen and oxygen atoms in total. The third-order valence-electron chi connectivity index (χ3n) is 4.99. The summed E-state index contributed by atoms with van der Waals surface area (Å²) in [6.07, 6.45) is 7.96. The molecular formula is C17H27NO. The van der Waals surface area contributed by atoms with Crippen LogP contribution in [-0.2, 0) is 6.42 Å². The highest BCUT2D eigenvalue weighted by molar-refractivity contribution is 5.28. The molecule has 0 heterocycles. The molecule has 1 fully saturated rings. The molecule has 1 aliphatic carbocycles. The highest BCUT2D eigenvalue weighted by Gasteiger charge is 2.38. The summed E-state index contributed by atoms with van der Waals surface area (Å²) >= 11 is 0. The Hall–Kier alpha value is -1.02. The van der Waals surface area contributed by atoms with Crippen molar-refractivity contribution in [2.75, 3.05) is 14.2 Å². The van der Waals surface area contributed by atoms with E-state index in [1.54, 1.807) is 7.11 Å². The summed E-state index contributed by atoms with van der Waals surface area (Å²) < 4.78 is 5.23. The Bertz CT molecular complexity index is 379. The molecule has 0 aliphatic heterocycles. The Labute approximate surface area is 117 Å². The van der Waals surface area contributed by atoms with Gasteiger partial charge in [-0.15, -0.1) is 0 Å². The van der Waals surface area contributed by atoms with Crippen LogP contribution in [0.3, 0.4) is 0 Å². The van der Waals surface area contributed by atoms with Crippen LogP contribution >= 0.6 is 0 Å². The van der Waals surface area contributed by atoms with Crippen molar-refractivity contribution in [1.29, 1.82) is 0 Å². The van der Waals surface area contributed by atoms with E-state index in [9.17, 15) is 0 Å². The lowest BCUT2D eigenvalue weighted by molar-refractivity contribution is 0.192. The predicted molar refractivity (Wildman–Crippen MR) is 80.7 cm³/mol. The molecule has 1 atom stereocenters. The predicted octanol–water partition coefficient (Wildman–Crippen LogP) is 3.80. The van der Waals surface area contributed by atoms with Crippen LogP contribution < -0.4 is 10.1 Å². The standard InChI is InChI=1S/C17H27NO/c1-4-17(11-5-6-12-17)16(18-2)13-14-7-9-15(19-3)10-8-14/h7-10,16,18H,4-6,11-13H2,1-3H3. The van der Waals surface area contributed by atoms with Gasteiger partial charge in [0.1, 0.15) is 5.75 Å². The normalized spacial score (nSPS) is 19.3. The molecule has 0 radical (unpaired) electrons. The van der Waals surface area contributed by atoms with Gasteiger partial charge in [0.25, 0.3) is 0 Å². The highest BCUT2D eigenvalue weighted by atomic mass is 16.5. The molecule has 0 aromatic heterocycles. The van der Waals surface area contributed by atoms with Crippen LogP contribution in [0.4, 0.5) is 0 Å². The summed E-state index contributed by atoms with van der Waals surface area (Å²) in [5.74, 6) is 0.941. The van der Waals surface area contributed by atoms with Crippen LogP contribution in [0.5, 0.6) is 5.75 Å². The second kappa shape index (κ2) is 6.42. The van der Waals surface area contributed by atoms with Crippen LogP contribution in [0.1, 0.15) is 44.6 Å². The Balaban J connectivity index is 2.09. The van der Waals surface area contributed by atoms with Crippen molar-refractivity contribution in [3.8, 4) is 5.75 Å². The van der Waals surface area contributed by atoms with Crippen LogP contribution in [0, 0.1) is 5.41 Å². The lowest BCUT2D eigenvalue weighted by atomic mass is 9.74. The molecule has 1 aromatic carbocycles. The molecular weight excluding hydrogens is 234 g/mol. The Morgan fingerprint density at radius 2 is 1.84 bits per heavy atom. The highest BCUT2D eigenvalue weighted by Crippen LogP contribution is 2.44. The van der Waals surface area contributed by atoms with Gasteiger partial charge in [0, 0.05) is 6.04 Å². The molecule has 2 heteroatoms. The second-order valence-corrected chi connectivity index (χ2v) is 5.82. The number of hydrogen-bond acceptors (Lipinski definition) is 2. The molecule has 1 aromatic rings. The number of nitrogens with one attached hydrogen (secondary N) is 1. The minimum absolute atomic E-state index is 0.509. The van der Waals surface area contributed by atoms with Crippen molar-refractivity contribution in [1.82, 2.24) is 5.32 Å². The molecule has 1 saturated carbocycles. The smallest absolute Gasteiger partial charge is 0.118 e. The monoisotopic (exact) mass is 261 g/mol. The van der Waals surface area contributed by atoms with Gasteiger partial charge in [0.05, 0.1) is 7.11 Å². The van der Waals surface area contributed by atoms with Crippen molar-refractivity contribution < 1.29 is 4.74 Å². The van der Waals surface area contributed by atoms with Crippen LogP contribution in [0.15, 0.2) is 24.3 Å². The summed E-state index contributed by atoms with van der Waals surface area (Å²) in [7, 11) is 3.83. The third kappa shape index (κ3) is 3.11. The first-order valence-corrected chi connectivity index (χ1v) is 7.54. The van der Waals surface area contributed by atoms with Crippen molar-refractivity contribution >= 4 is 0 Å². The fourth-order valence-electron chi connectivity index (χ4n) is 3.65. The zero-order valence-corrected chi connectivity index (χ0v) is 12.5. The van der Waals surface area contributed by atoms with E-state index in [1.807, 2.05) is 0 Å². The summed E-state index contributed by atoms with van der Waals surface area (Å²) in [4.78, 5) is 0. The Morgan fingerprint density at radius 1 is 1.21 bits per heavy atom. The zero-order chi connectivity index (χ0) is 13.7. The number of likely N-dealkylation sites (N-methyl/N-ethyl adjacent to an activating group) is 1. The van der Waals surface area contributed by atoms with E-state index in [0.717, 1.165) is 12.2 Å². The summed E-state index contributed by atoms with van der Waals surface area (Å²) in [5, 5.41) is 3.58. The molecule has 2 rings (SSSR count). The molecule has 1 unspecified atom stereocenters. The number of methoxy groups -OCH3 is 1. The van der Waals surface area contributed by atoms with E-state index < -0.39 is 0 Å². The minimum Gasteiger partial charge on any atom is -0.497 e. The first-order chi connectivity index (χ1) is 9.24. The quantitative estimate of drug-likeness (QED) is 0.841. The first-order valence-electron chi connectivity index (χ1n) is 7.54. The number of benzene rings is 1. The minimum atomic E-state index is 0.509. The Morgan fingerprint density at radius 3 is 2.32 bits per heavy atom. The van der Waals surface area contributed by atoms with E-state index in [1.165, 1.54) is 37.7 Å². The molecule has 1 N–H and O–H groups in total. The maximum absolute atomic E-state index is 5.23.